The predicted molar refractivity (Wildman–Crippen MR) is 281 cm³/mol. The first-order valence-corrected chi connectivity index (χ1v) is 26.4. The van der Waals surface area contributed by atoms with Crippen molar-refractivity contribution in [1.82, 2.24) is 29.5 Å². The van der Waals surface area contributed by atoms with Crippen molar-refractivity contribution in [2.75, 3.05) is 0 Å². The second-order valence-electron chi connectivity index (χ2n) is 20.9. The number of primary amides is 2. The van der Waals surface area contributed by atoms with Crippen molar-refractivity contribution in [2.24, 2.45) is 11.5 Å². The number of Topliss-reactive ketones (excluding diaryl/α,β-unsaturated/α-hetero) is 3. The summed E-state index contributed by atoms with van der Waals surface area (Å²) in [7, 11) is 0. The first-order chi connectivity index (χ1) is 41.7. The number of nitrogens with zero attached hydrogens (tertiary/aromatic N) is 6. The molecule has 8 aromatic rings. The van der Waals surface area contributed by atoms with Crippen LogP contribution in [-0.4, -0.2) is 58.7 Å². The quantitative estimate of drug-likeness (QED) is 0.0785. The zero-order valence-electron chi connectivity index (χ0n) is 45.3. The lowest BCUT2D eigenvalue weighted by Crippen LogP contribution is -2.21. The van der Waals surface area contributed by atoms with Gasteiger partial charge in [-0.1, -0.05) is 24.3 Å². The monoisotopic (exact) mass is 1260 g/mol. The number of pyridine rings is 2. The Balaban J connectivity index is 0.000000211. The number of alkyl halides is 10. The van der Waals surface area contributed by atoms with E-state index in [1.165, 1.54) is 48.8 Å². The SMILES string of the molecule is NC(=O)c1cc(-c2cccnc2[C@@H](CC(=O)Cn2nc(C(F)(F)F)c3c2C(=O)CC3(F)F)Cc2cc(F)cc(F)c2)ccc1F.NC(=O)c1cc(-c2cccnc2[C@@H](CC(=O)Cn2nc(C(F)(F)F)c3c2CCC3(F)F)Cc2cc(F)cc(F)c2)ccc1F. The van der Waals surface area contributed by atoms with Crippen molar-refractivity contribution in [3.05, 3.63) is 212 Å². The maximum absolute atomic E-state index is 14.4. The van der Waals surface area contributed by atoms with E-state index in [0.717, 1.165) is 42.5 Å². The molecule has 13 nitrogen and oxygen atoms in total. The third-order valence-corrected chi connectivity index (χ3v) is 14.5. The van der Waals surface area contributed by atoms with E-state index in [0.29, 0.717) is 27.1 Å². The Kier molecular flexibility index (Phi) is 17.6. The summed E-state index contributed by atoms with van der Waals surface area (Å²) in [5.74, 6) is -20.5. The molecule has 0 radical (unpaired) electrons. The number of carbonyl (C=O) groups excluding carboxylic acids is 5. The predicted octanol–water partition coefficient (Wildman–Crippen LogP) is 12.6. The van der Waals surface area contributed by atoms with Gasteiger partial charge in [-0.3, -0.25) is 43.3 Å². The molecule has 0 saturated carbocycles. The van der Waals surface area contributed by atoms with E-state index in [4.69, 9.17) is 11.5 Å². The average molecular weight is 1260 g/mol. The van der Waals surface area contributed by atoms with Crippen LogP contribution in [0.25, 0.3) is 22.3 Å². The minimum Gasteiger partial charge on any atom is -0.366 e. The van der Waals surface area contributed by atoms with Crippen molar-refractivity contribution in [3.8, 4) is 22.3 Å². The second kappa shape index (κ2) is 24.5. The summed E-state index contributed by atoms with van der Waals surface area (Å²) in [6.07, 6.45) is -12.1. The number of amides is 2. The van der Waals surface area contributed by atoms with Crippen LogP contribution in [-0.2, 0) is 66.1 Å². The van der Waals surface area contributed by atoms with E-state index in [9.17, 15) is 94.2 Å². The van der Waals surface area contributed by atoms with Gasteiger partial charge >= 0.3 is 12.4 Å². The van der Waals surface area contributed by atoms with Crippen LogP contribution in [0.3, 0.4) is 0 Å². The first kappa shape index (κ1) is 63.9. The van der Waals surface area contributed by atoms with Gasteiger partial charge in [0.05, 0.1) is 46.6 Å². The van der Waals surface area contributed by atoms with Gasteiger partial charge in [0.2, 0.25) is 0 Å². The van der Waals surface area contributed by atoms with Crippen molar-refractivity contribution in [3.63, 3.8) is 0 Å². The number of rotatable bonds is 18. The zero-order chi connectivity index (χ0) is 64.8. The van der Waals surface area contributed by atoms with E-state index in [1.807, 2.05) is 0 Å². The van der Waals surface area contributed by atoms with Gasteiger partial charge in [-0.2, -0.15) is 36.5 Å². The third-order valence-electron chi connectivity index (χ3n) is 14.5. The molecule has 4 N–H and O–H groups in total. The molecule has 4 aromatic carbocycles. The summed E-state index contributed by atoms with van der Waals surface area (Å²) in [6.45, 7) is -1.80. The van der Waals surface area contributed by atoms with Crippen LogP contribution < -0.4 is 11.5 Å². The number of nitrogens with two attached hydrogens (primary N) is 2. The number of benzene rings is 4. The molecule has 4 heterocycles. The van der Waals surface area contributed by atoms with Gasteiger partial charge in [0, 0.05) is 72.4 Å². The molecule has 2 atom stereocenters. The highest BCUT2D eigenvalue weighted by Gasteiger charge is 2.56. The number of aromatic nitrogens is 6. The van der Waals surface area contributed by atoms with Gasteiger partial charge in [-0.15, -0.1) is 0 Å². The average Bonchev–Trinajstić information content (AvgIpc) is 1.60. The topological polar surface area (TPSA) is 199 Å². The van der Waals surface area contributed by atoms with Crippen molar-refractivity contribution in [2.45, 2.75) is 94.1 Å². The number of halogens is 16. The molecule has 0 fully saturated rings. The Morgan fingerprint density at radius 1 is 0.551 bits per heavy atom. The minimum absolute atomic E-state index is 0.0630. The van der Waals surface area contributed by atoms with Gasteiger partial charge in [0.25, 0.3) is 23.7 Å². The summed E-state index contributed by atoms with van der Waals surface area (Å²) in [5.41, 5.74) is 3.15. The minimum atomic E-state index is -5.35. The molecule has 29 heteroatoms. The third kappa shape index (κ3) is 13.9. The van der Waals surface area contributed by atoms with Crippen LogP contribution in [0.15, 0.2) is 109 Å². The molecule has 2 aliphatic carbocycles. The maximum Gasteiger partial charge on any atom is 0.435 e. The highest BCUT2D eigenvalue weighted by atomic mass is 19.4. The molecule has 0 saturated heterocycles. The van der Waals surface area contributed by atoms with Gasteiger partial charge in [-0.25, -0.2) is 43.9 Å². The van der Waals surface area contributed by atoms with E-state index in [-0.39, 0.29) is 52.0 Å². The van der Waals surface area contributed by atoms with Crippen LogP contribution >= 0.6 is 0 Å². The molecular formula is C60H42F16N8O5. The maximum atomic E-state index is 14.4. The molecule has 0 spiro atoms. The largest absolute Gasteiger partial charge is 0.435 e. The summed E-state index contributed by atoms with van der Waals surface area (Å²) in [6, 6.07) is 18.2. The van der Waals surface area contributed by atoms with E-state index in [2.05, 4.69) is 20.2 Å². The van der Waals surface area contributed by atoms with E-state index in [1.54, 1.807) is 6.07 Å². The fourth-order valence-corrected chi connectivity index (χ4v) is 11.0. The van der Waals surface area contributed by atoms with Gasteiger partial charge < -0.3 is 11.5 Å². The number of carbonyl (C=O) groups is 5. The molecule has 4 aromatic heterocycles. The van der Waals surface area contributed by atoms with Gasteiger partial charge in [0.1, 0.15) is 47.1 Å². The smallest absolute Gasteiger partial charge is 0.366 e. The van der Waals surface area contributed by atoms with Crippen LogP contribution in [0.1, 0.15) is 119 Å². The fraction of sp³-hybridized carbons (Fsp3) is 0.250. The van der Waals surface area contributed by atoms with Crippen LogP contribution in [0.2, 0.25) is 0 Å². The van der Waals surface area contributed by atoms with Crippen LogP contribution in [0, 0.1) is 34.9 Å². The lowest BCUT2D eigenvalue weighted by atomic mass is 9.86. The highest BCUT2D eigenvalue weighted by molar-refractivity contribution is 6.01. The molecule has 0 bridgehead atoms. The summed E-state index contributed by atoms with van der Waals surface area (Å²) in [4.78, 5) is 71.2. The molecular weight excluding hydrogens is 1220 g/mol. The van der Waals surface area contributed by atoms with Crippen LogP contribution in [0.4, 0.5) is 70.2 Å². The van der Waals surface area contributed by atoms with E-state index < -0.39 is 190 Å². The van der Waals surface area contributed by atoms with Gasteiger partial charge in [-0.05, 0) is 102 Å². The number of hydrogen-bond acceptors (Lipinski definition) is 9. The number of fused-ring (bicyclic) bond motifs is 2. The summed E-state index contributed by atoms with van der Waals surface area (Å²) < 4.78 is 225. The number of hydrogen-bond donors (Lipinski definition) is 2. The Labute approximate surface area is 491 Å². The molecule has 2 aliphatic rings. The standard InChI is InChI=1S/C30H20F8N4O3.C30H22F8N4O2/c31-17-7-14(8-18(32)11-17)6-16(25-20(2-1-5-40-25)15-3-4-22(33)21(10-15)28(39)45)9-19(43)13-42-26-23(44)12-29(34,35)24(26)27(41-42)30(36,37)38;31-18-9-15(10-19(32)13-18)8-17(26-21(2-1-7-40-26)16-3-4-23(33)22(12-16)28(39)44)11-20(43)14-42-24-5-6-29(34,35)25(24)27(41-42)30(36,37)38/h1-5,7-8,10-11,16H,6,9,12-13H2,(H2,39,45);1-4,7,9-10,12-13,17H,5-6,8,11,14H2,(H2,39,44)/t16-;17-/m11/s1. The lowest BCUT2D eigenvalue weighted by molar-refractivity contribution is -0.146. The van der Waals surface area contributed by atoms with E-state index >= 15 is 0 Å². The lowest BCUT2D eigenvalue weighted by Gasteiger charge is -2.20. The van der Waals surface area contributed by atoms with Gasteiger partial charge in [0.15, 0.2) is 28.7 Å². The molecule has 0 unspecified atom stereocenters. The normalized spacial score (nSPS) is 14.8. The summed E-state index contributed by atoms with van der Waals surface area (Å²) >= 11 is 0. The van der Waals surface area contributed by atoms with Crippen molar-refractivity contribution < 1.29 is 94.2 Å². The molecule has 2 amide bonds. The van der Waals surface area contributed by atoms with Crippen molar-refractivity contribution in [1.29, 1.82) is 0 Å². The Morgan fingerprint density at radius 2 is 0.966 bits per heavy atom. The Morgan fingerprint density at radius 3 is 1.39 bits per heavy atom. The molecule has 464 valence electrons. The fourth-order valence-electron chi connectivity index (χ4n) is 11.0. The second-order valence-corrected chi connectivity index (χ2v) is 20.9. The molecule has 10 rings (SSSR count). The Hall–Kier alpha value is -9.57. The molecule has 89 heavy (non-hydrogen) atoms. The van der Waals surface area contributed by atoms with Crippen LogP contribution in [0.5, 0.6) is 0 Å². The highest BCUT2D eigenvalue weighted by Crippen LogP contribution is 2.49. The van der Waals surface area contributed by atoms with Crippen molar-refractivity contribution >= 4 is 29.2 Å². The first-order valence-electron chi connectivity index (χ1n) is 26.4. The molecule has 0 aliphatic heterocycles. The Bertz CT molecular complexity index is 4100. The summed E-state index contributed by atoms with van der Waals surface area (Å²) in [5, 5.41) is 6.47. The zero-order valence-corrected chi connectivity index (χ0v) is 45.3. The number of ketones is 3.